The van der Waals surface area contributed by atoms with Crippen molar-refractivity contribution in [2.75, 3.05) is 6.61 Å². The van der Waals surface area contributed by atoms with Gasteiger partial charge >= 0.3 is 12.3 Å². The normalized spacial score (nSPS) is 11.2. The molecule has 0 aliphatic heterocycles. The molecule has 0 saturated heterocycles. The second kappa shape index (κ2) is 5.11. The van der Waals surface area contributed by atoms with Gasteiger partial charge in [0, 0.05) is 6.20 Å². The van der Waals surface area contributed by atoms with Crippen molar-refractivity contribution in [1.29, 1.82) is 0 Å². The molecule has 1 N–H and O–H groups in total. The molecule has 0 aliphatic carbocycles. The van der Waals surface area contributed by atoms with Crippen molar-refractivity contribution in [3.63, 3.8) is 0 Å². The van der Waals surface area contributed by atoms with Crippen molar-refractivity contribution in [2.24, 2.45) is 0 Å². The molecule has 0 fully saturated rings. The summed E-state index contributed by atoms with van der Waals surface area (Å²) in [6.07, 6.45) is -4.09. The number of hydrogen-bond donors (Lipinski definition) is 1. The van der Waals surface area contributed by atoms with E-state index in [1.54, 1.807) is 6.92 Å². The Balaban J connectivity index is 3.14. The fourth-order valence-corrected chi connectivity index (χ4v) is 1.20. The van der Waals surface area contributed by atoms with E-state index in [1.165, 1.54) is 0 Å². The summed E-state index contributed by atoms with van der Waals surface area (Å²) in [5.41, 5.74) is -1.59. The van der Waals surface area contributed by atoms with Gasteiger partial charge in [0.25, 0.3) is 0 Å². The predicted octanol–water partition coefficient (Wildman–Crippen LogP) is 1.76. The molecule has 0 radical (unpaired) electrons. The monoisotopic (exact) mass is 265 g/mol. The fourth-order valence-electron chi connectivity index (χ4n) is 1.20. The summed E-state index contributed by atoms with van der Waals surface area (Å²) < 4.78 is 44.2. The van der Waals surface area contributed by atoms with Gasteiger partial charge in [-0.3, -0.25) is 4.79 Å². The number of carbonyl (C=O) groups is 1. The lowest BCUT2D eigenvalue weighted by Crippen LogP contribution is -2.24. The maximum absolute atomic E-state index is 12.0. The zero-order valence-electron chi connectivity index (χ0n) is 9.55. The third kappa shape index (κ3) is 3.25. The van der Waals surface area contributed by atoms with Gasteiger partial charge in [-0.15, -0.1) is 13.2 Å². The van der Waals surface area contributed by atoms with Crippen LogP contribution in [0.3, 0.4) is 0 Å². The van der Waals surface area contributed by atoms with Gasteiger partial charge in [-0.05, 0) is 13.8 Å². The second-order valence-corrected chi connectivity index (χ2v) is 3.25. The minimum atomic E-state index is -4.92. The third-order valence-corrected chi connectivity index (χ3v) is 1.99. The van der Waals surface area contributed by atoms with Crippen LogP contribution in [0.15, 0.2) is 11.0 Å². The molecule has 8 heteroatoms. The van der Waals surface area contributed by atoms with Crippen LogP contribution in [0.25, 0.3) is 0 Å². The first-order chi connectivity index (χ1) is 8.26. The van der Waals surface area contributed by atoms with Gasteiger partial charge in [0.15, 0.2) is 0 Å². The third-order valence-electron chi connectivity index (χ3n) is 1.99. The molecule has 0 spiro atoms. The molecule has 100 valence electrons. The highest BCUT2D eigenvalue weighted by atomic mass is 19.4. The van der Waals surface area contributed by atoms with Crippen LogP contribution in [-0.2, 0) is 4.74 Å². The highest BCUT2D eigenvalue weighted by Crippen LogP contribution is 2.22. The first-order valence-corrected chi connectivity index (χ1v) is 4.91. The van der Waals surface area contributed by atoms with E-state index in [2.05, 4.69) is 14.5 Å². The van der Waals surface area contributed by atoms with Crippen LogP contribution >= 0.6 is 0 Å². The van der Waals surface area contributed by atoms with Crippen LogP contribution < -0.4 is 10.2 Å². The van der Waals surface area contributed by atoms with Gasteiger partial charge in [-0.1, -0.05) is 0 Å². The molecule has 1 aromatic heterocycles. The van der Waals surface area contributed by atoms with Crippen molar-refractivity contribution >= 4 is 5.97 Å². The summed E-state index contributed by atoms with van der Waals surface area (Å²) in [6.45, 7) is 2.71. The summed E-state index contributed by atoms with van der Waals surface area (Å²) >= 11 is 0. The van der Waals surface area contributed by atoms with Crippen molar-refractivity contribution in [2.45, 2.75) is 20.2 Å². The van der Waals surface area contributed by atoms with E-state index >= 15 is 0 Å². The fraction of sp³-hybridized carbons (Fsp3) is 0.400. The largest absolute Gasteiger partial charge is 0.574 e. The summed E-state index contributed by atoms with van der Waals surface area (Å²) in [4.78, 5) is 25.0. The number of halogens is 3. The SMILES string of the molecule is CCOC(=O)c1c[nH]c(OC(F)(F)F)c(C)c1=O. The highest BCUT2D eigenvalue weighted by Gasteiger charge is 2.33. The molecule has 0 atom stereocenters. The molecule has 0 bridgehead atoms. The summed E-state index contributed by atoms with van der Waals surface area (Å²) in [6, 6.07) is 0. The van der Waals surface area contributed by atoms with Crippen LogP contribution in [0.1, 0.15) is 22.8 Å². The Morgan fingerprint density at radius 3 is 2.56 bits per heavy atom. The lowest BCUT2D eigenvalue weighted by molar-refractivity contribution is -0.276. The standard InChI is InChI=1S/C10H10F3NO4/c1-3-17-9(16)6-4-14-8(5(2)7(6)15)18-10(11,12)13/h4H,3H2,1-2H3,(H,14,15). The topological polar surface area (TPSA) is 68.4 Å². The van der Waals surface area contributed by atoms with Crippen LogP contribution in [0.2, 0.25) is 0 Å². The number of hydrogen-bond acceptors (Lipinski definition) is 4. The van der Waals surface area contributed by atoms with Crippen molar-refractivity contribution < 1.29 is 27.4 Å². The summed E-state index contributed by atoms with van der Waals surface area (Å²) in [5, 5.41) is 0. The van der Waals surface area contributed by atoms with Crippen molar-refractivity contribution in [3.8, 4) is 5.88 Å². The van der Waals surface area contributed by atoms with Crippen molar-refractivity contribution in [3.05, 3.63) is 27.5 Å². The highest BCUT2D eigenvalue weighted by molar-refractivity contribution is 5.89. The zero-order valence-corrected chi connectivity index (χ0v) is 9.55. The molecule has 5 nitrogen and oxygen atoms in total. The number of nitrogens with one attached hydrogen (secondary N) is 1. The first-order valence-electron chi connectivity index (χ1n) is 4.91. The van der Waals surface area contributed by atoms with E-state index in [0.717, 1.165) is 13.1 Å². The van der Waals surface area contributed by atoms with Crippen LogP contribution in [0.5, 0.6) is 5.88 Å². The van der Waals surface area contributed by atoms with E-state index in [1.807, 2.05) is 0 Å². The number of carbonyl (C=O) groups excluding carboxylic acids is 1. The maximum atomic E-state index is 12.0. The van der Waals surface area contributed by atoms with Gasteiger partial charge in [-0.2, -0.15) is 0 Å². The molecule has 0 saturated carbocycles. The molecule has 1 aromatic rings. The summed E-state index contributed by atoms with van der Waals surface area (Å²) in [5.74, 6) is -1.65. The predicted molar refractivity (Wildman–Crippen MR) is 54.4 cm³/mol. The minimum absolute atomic E-state index is 0.0537. The number of aromatic nitrogens is 1. The molecule has 0 amide bonds. The van der Waals surface area contributed by atoms with Gasteiger partial charge in [-0.25, -0.2) is 4.79 Å². The van der Waals surface area contributed by atoms with E-state index in [4.69, 9.17) is 0 Å². The van der Waals surface area contributed by atoms with E-state index in [-0.39, 0.29) is 17.7 Å². The van der Waals surface area contributed by atoms with E-state index < -0.39 is 23.6 Å². The van der Waals surface area contributed by atoms with E-state index in [0.29, 0.717) is 0 Å². The molecule has 0 aromatic carbocycles. The van der Waals surface area contributed by atoms with Crippen LogP contribution in [0.4, 0.5) is 13.2 Å². The average molecular weight is 265 g/mol. The zero-order chi connectivity index (χ0) is 13.9. The first kappa shape index (κ1) is 14.1. The number of H-pyrrole nitrogens is 1. The number of pyridine rings is 1. The molecule has 0 unspecified atom stereocenters. The Kier molecular flexibility index (Phi) is 4.00. The van der Waals surface area contributed by atoms with Crippen molar-refractivity contribution in [1.82, 2.24) is 4.98 Å². The number of ether oxygens (including phenoxy) is 2. The quantitative estimate of drug-likeness (QED) is 0.845. The average Bonchev–Trinajstić information content (AvgIpc) is 2.23. The van der Waals surface area contributed by atoms with Gasteiger partial charge < -0.3 is 14.5 Å². The number of esters is 1. The molecule has 0 aliphatic rings. The molecular weight excluding hydrogens is 255 g/mol. The lowest BCUT2D eigenvalue weighted by Gasteiger charge is -2.11. The van der Waals surface area contributed by atoms with Gasteiger partial charge in [0.2, 0.25) is 11.3 Å². The Hall–Kier alpha value is -1.99. The van der Waals surface area contributed by atoms with Gasteiger partial charge in [0.1, 0.15) is 5.56 Å². The number of alkyl halides is 3. The Labute approximate surface area is 99.5 Å². The lowest BCUT2D eigenvalue weighted by atomic mass is 10.2. The number of aromatic amines is 1. The van der Waals surface area contributed by atoms with Gasteiger partial charge in [0.05, 0.1) is 12.2 Å². The molecule has 1 heterocycles. The second-order valence-electron chi connectivity index (χ2n) is 3.25. The molecule has 18 heavy (non-hydrogen) atoms. The molecular formula is C10H10F3NO4. The Morgan fingerprint density at radius 2 is 2.06 bits per heavy atom. The van der Waals surface area contributed by atoms with Crippen LogP contribution in [0, 0.1) is 6.92 Å². The molecule has 1 rings (SSSR count). The maximum Gasteiger partial charge on any atom is 0.574 e. The minimum Gasteiger partial charge on any atom is -0.462 e. The number of rotatable bonds is 3. The Morgan fingerprint density at radius 1 is 1.44 bits per heavy atom. The smallest absolute Gasteiger partial charge is 0.462 e. The van der Waals surface area contributed by atoms with E-state index in [9.17, 15) is 22.8 Å². The summed E-state index contributed by atoms with van der Waals surface area (Å²) in [7, 11) is 0. The van der Waals surface area contributed by atoms with Crippen LogP contribution in [-0.4, -0.2) is 23.9 Å². The Bertz CT molecular complexity index is 507.